The van der Waals surface area contributed by atoms with Crippen LogP contribution in [0.1, 0.15) is 24.0 Å². The summed E-state index contributed by atoms with van der Waals surface area (Å²) in [5.41, 5.74) is -2.73. The Morgan fingerprint density at radius 1 is 1.26 bits per heavy atom. The summed E-state index contributed by atoms with van der Waals surface area (Å²) in [5, 5.41) is -0.580. The van der Waals surface area contributed by atoms with Gasteiger partial charge in [0.25, 0.3) is 0 Å². The Kier molecular flexibility index (Phi) is 5.50. The maximum Gasteiger partial charge on any atom is 0.416 e. The minimum Gasteiger partial charge on any atom is -0.301 e. The van der Waals surface area contributed by atoms with Crippen LogP contribution >= 0.6 is 11.6 Å². The Morgan fingerprint density at radius 2 is 1.87 bits per heavy atom. The standard InChI is InChI=1S/C14H16ClF5N2O/c15-11-6-10(14(18,19)20)5-9(12(11)16)7-22-3-1-13(17,2-4-22)8-23-21/h5-6H,1-4,7-8,21H2. The Hall–Kier alpha value is -0.960. The summed E-state index contributed by atoms with van der Waals surface area (Å²) >= 11 is 5.55. The third-order valence-corrected chi connectivity index (χ3v) is 4.19. The van der Waals surface area contributed by atoms with Gasteiger partial charge in [0.15, 0.2) is 0 Å². The molecule has 1 aliphatic heterocycles. The first kappa shape index (κ1) is 18.4. The minimum atomic E-state index is -4.61. The van der Waals surface area contributed by atoms with Gasteiger partial charge < -0.3 is 4.84 Å². The van der Waals surface area contributed by atoms with Gasteiger partial charge >= 0.3 is 6.18 Å². The third kappa shape index (κ3) is 4.53. The van der Waals surface area contributed by atoms with Gasteiger partial charge in [0, 0.05) is 25.2 Å². The second kappa shape index (κ2) is 6.88. The smallest absolute Gasteiger partial charge is 0.301 e. The van der Waals surface area contributed by atoms with Crippen molar-refractivity contribution in [3.05, 3.63) is 34.1 Å². The Bertz CT molecular complexity index is 559. The molecule has 0 radical (unpaired) electrons. The van der Waals surface area contributed by atoms with E-state index >= 15 is 0 Å². The molecule has 9 heteroatoms. The van der Waals surface area contributed by atoms with Crippen molar-refractivity contribution in [2.24, 2.45) is 5.90 Å². The quantitative estimate of drug-likeness (QED) is 0.659. The zero-order valence-corrected chi connectivity index (χ0v) is 12.9. The molecule has 0 spiro atoms. The van der Waals surface area contributed by atoms with E-state index in [1.54, 1.807) is 4.90 Å². The monoisotopic (exact) mass is 358 g/mol. The first-order chi connectivity index (χ1) is 10.6. The summed E-state index contributed by atoms with van der Waals surface area (Å²) in [6, 6.07) is 1.29. The van der Waals surface area contributed by atoms with Gasteiger partial charge in [-0.25, -0.2) is 14.7 Å². The molecule has 0 aromatic heterocycles. The molecule has 1 aliphatic rings. The van der Waals surface area contributed by atoms with Crippen LogP contribution in [0.4, 0.5) is 22.0 Å². The van der Waals surface area contributed by atoms with Crippen molar-refractivity contribution >= 4 is 11.6 Å². The summed E-state index contributed by atoms with van der Waals surface area (Å²) < 4.78 is 66.5. The molecule has 0 unspecified atom stereocenters. The predicted octanol–water partition coefficient (Wildman–Crippen LogP) is 3.69. The zero-order chi connectivity index (χ0) is 17.3. The number of alkyl halides is 4. The predicted molar refractivity (Wildman–Crippen MR) is 74.9 cm³/mol. The van der Waals surface area contributed by atoms with Crippen LogP contribution in [0.2, 0.25) is 5.02 Å². The average molecular weight is 359 g/mol. The summed E-state index contributed by atoms with van der Waals surface area (Å²) in [7, 11) is 0. The van der Waals surface area contributed by atoms with Crippen LogP contribution < -0.4 is 5.90 Å². The highest BCUT2D eigenvalue weighted by molar-refractivity contribution is 6.30. The normalized spacial score (nSPS) is 19.1. The molecule has 0 aliphatic carbocycles. The second-order valence-corrected chi connectivity index (χ2v) is 6.07. The van der Waals surface area contributed by atoms with Crippen LogP contribution in [0.15, 0.2) is 12.1 Å². The highest BCUT2D eigenvalue weighted by Gasteiger charge is 2.36. The molecule has 1 saturated heterocycles. The Labute approximate surface area is 135 Å². The molecule has 0 bridgehead atoms. The van der Waals surface area contributed by atoms with Gasteiger partial charge in [-0.05, 0) is 25.0 Å². The molecule has 1 aromatic rings. The minimum absolute atomic E-state index is 0.0744. The van der Waals surface area contributed by atoms with Crippen LogP contribution in [0.3, 0.4) is 0 Å². The SMILES string of the molecule is NOCC1(F)CCN(Cc2cc(C(F)(F)F)cc(Cl)c2F)CC1. The third-order valence-electron chi connectivity index (χ3n) is 3.92. The summed E-state index contributed by atoms with van der Waals surface area (Å²) in [4.78, 5) is 6.00. The van der Waals surface area contributed by atoms with E-state index in [4.69, 9.17) is 17.5 Å². The molecule has 2 N–H and O–H groups in total. The summed E-state index contributed by atoms with van der Waals surface area (Å²) in [6.07, 6.45) is -4.39. The molecule has 130 valence electrons. The van der Waals surface area contributed by atoms with E-state index in [1.165, 1.54) is 0 Å². The van der Waals surface area contributed by atoms with Crippen LogP contribution in [0.5, 0.6) is 0 Å². The van der Waals surface area contributed by atoms with Gasteiger partial charge in [-0.1, -0.05) is 11.6 Å². The first-order valence-corrected chi connectivity index (χ1v) is 7.30. The Balaban J connectivity index is 2.11. The van der Waals surface area contributed by atoms with E-state index in [-0.39, 0.29) is 44.6 Å². The Morgan fingerprint density at radius 3 is 2.39 bits per heavy atom. The first-order valence-electron chi connectivity index (χ1n) is 6.93. The van der Waals surface area contributed by atoms with Crippen LogP contribution in [0, 0.1) is 5.82 Å². The van der Waals surface area contributed by atoms with Crippen LogP contribution in [-0.4, -0.2) is 30.3 Å². The lowest BCUT2D eigenvalue weighted by molar-refractivity contribution is -0.137. The molecule has 0 amide bonds. The van der Waals surface area contributed by atoms with Gasteiger partial charge in [0.05, 0.1) is 10.6 Å². The number of rotatable bonds is 4. The van der Waals surface area contributed by atoms with Crippen LogP contribution in [-0.2, 0) is 17.6 Å². The van der Waals surface area contributed by atoms with Gasteiger partial charge in [-0.2, -0.15) is 13.2 Å². The molecule has 0 saturated carbocycles. The van der Waals surface area contributed by atoms with E-state index < -0.39 is 28.2 Å². The van der Waals surface area contributed by atoms with Gasteiger partial charge in [-0.15, -0.1) is 0 Å². The van der Waals surface area contributed by atoms with Crippen molar-refractivity contribution in [1.82, 2.24) is 4.90 Å². The highest BCUT2D eigenvalue weighted by Crippen LogP contribution is 2.34. The number of nitrogens with two attached hydrogens (primary N) is 1. The van der Waals surface area contributed by atoms with E-state index in [0.29, 0.717) is 6.07 Å². The summed E-state index contributed by atoms with van der Waals surface area (Å²) in [5.74, 6) is 3.99. The lowest BCUT2D eigenvalue weighted by Crippen LogP contribution is -2.44. The molecule has 23 heavy (non-hydrogen) atoms. The maximum absolute atomic E-state index is 14.2. The molecular weight excluding hydrogens is 343 g/mol. The fourth-order valence-electron chi connectivity index (χ4n) is 2.57. The van der Waals surface area contributed by atoms with E-state index in [0.717, 1.165) is 6.07 Å². The second-order valence-electron chi connectivity index (χ2n) is 5.67. The van der Waals surface area contributed by atoms with E-state index in [2.05, 4.69) is 4.84 Å². The fraction of sp³-hybridized carbons (Fsp3) is 0.571. The van der Waals surface area contributed by atoms with Gasteiger partial charge in [0.2, 0.25) is 0 Å². The van der Waals surface area contributed by atoms with Crippen molar-refractivity contribution in [3.63, 3.8) is 0 Å². The van der Waals surface area contributed by atoms with Gasteiger partial charge in [-0.3, -0.25) is 4.90 Å². The zero-order valence-electron chi connectivity index (χ0n) is 12.1. The van der Waals surface area contributed by atoms with Crippen molar-refractivity contribution < 1.29 is 26.8 Å². The maximum atomic E-state index is 14.2. The number of piperidine rings is 1. The molecule has 1 aromatic carbocycles. The van der Waals surface area contributed by atoms with Crippen molar-refractivity contribution in [1.29, 1.82) is 0 Å². The number of halogens is 6. The number of nitrogens with zero attached hydrogens (tertiary/aromatic N) is 1. The number of likely N-dealkylation sites (tertiary alicyclic amines) is 1. The van der Waals surface area contributed by atoms with Gasteiger partial charge in [0.1, 0.15) is 18.1 Å². The topological polar surface area (TPSA) is 38.5 Å². The highest BCUT2D eigenvalue weighted by atomic mass is 35.5. The molecule has 0 atom stereocenters. The summed E-state index contributed by atoms with van der Waals surface area (Å²) in [6.45, 7) is 0.194. The van der Waals surface area contributed by atoms with E-state index in [9.17, 15) is 22.0 Å². The van der Waals surface area contributed by atoms with E-state index in [1.807, 2.05) is 0 Å². The van der Waals surface area contributed by atoms with Crippen molar-refractivity contribution in [2.45, 2.75) is 31.2 Å². The molecule has 3 nitrogen and oxygen atoms in total. The van der Waals surface area contributed by atoms with Crippen LogP contribution in [0.25, 0.3) is 0 Å². The van der Waals surface area contributed by atoms with Crippen molar-refractivity contribution in [3.8, 4) is 0 Å². The van der Waals surface area contributed by atoms with Crippen molar-refractivity contribution in [2.75, 3.05) is 19.7 Å². The molecule has 2 rings (SSSR count). The number of hydrogen-bond acceptors (Lipinski definition) is 3. The lowest BCUT2D eigenvalue weighted by atomic mass is 9.94. The fourth-order valence-corrected chi connectivity index (χ4v) is 2.81. The molecule has 1 heterocycles. The lowest BCUT2D eigenvalue weighted by Gasteiger charge is -2.35. The number of hydrogen-bond donors (Lipinski definition) is 1. The largest absolute Gasteiger partial charge is 0.416 e. The molecular formula is C14H16ClF5N2O. The number of benzene rings is 1. The average Bonchev–Trinajstić information content (AvgIpc) is 2.45. The molecule has 1 fully saturated rings.